The van der Waals surface area contributed by atoms with E-state index in [-0.39, 0.29) is 17.1 Å². The molecular formula is C20H23NO5S. The summed E-state index contributed by atoms with van der Waals surface area (Å²) in [5, 5.41) is 0. The smallest absolute Gasteiger partial charge is 0.338 e. The minimum absolute atomic E-state index is 0.100. The molecule has 0 unspecified atom stereocenters. The van der Waals surface area contributed by atoms with Gasteiger partial charge in [-0.15, -0.1) is 0 Å². The van der Waals surface area contributed by atoms with Crippen molar-refractivity contribution in [3.05, 3.63) is 65.7 Å². The van der Waals surface area contributed by atoms with Crippen LogP contribution in [0.15, 0.2) is 59.5 Å². The van der Waals surface area contributed by atoms with Gasteiger partial charge in [-0.3, -0.25) is 0 Å². The molecule has 1 aliphatic heterocycles. The third-order valence-electron chi connectivity index (χ3n) is 4.36. The molecule has 0 aromatic heterocycles. The Morgan fingerprint density at radius 2 is 1.78 bits per heavy atom. The molecule has 0 spiro atoms. The number of ether oxygens (including phenoxy) is 2. The largest absolute Gasteiger partial charge is 0.462 e. The van der Waals surface area contributed by atoms with Crippen molar-refractivity contribution >= 4 is 16.0 Å². The van der Waals surface area contributed by atoms with Crippen LogP contribution in [0, 0.1) is 0 Å². The van der Waals surface area contributed by atoms with Crippen LogP contribution in [0.5, 0.6) is 0 Å². The molecule has 0 aliphatic carbocycles. The highest BCUT2D eigenvalue weighted by Crippen LogP contribution is 2.19. The van der Waals surface area contributed by atoms with E-state index in [2.05, 4.69) is 0 Å². The van der Waals surface area contributed by atoms with Crippen molar-refractivity contribution in [2.45, 2.75) is 17.7 Å². The van der Waals surface area contributed by atoms with Gasteiger partial charge in [0.05, 0.1) is 30.3 Å². The number of hydrogen-bond acceptors (Lipinski definition) is 5. The number of nitrogens with zero attached hydrogens (tertiary/aromatic N) is 1. The van der Waals surface area contributed by atoms with E-state index in [1.54, 1.807) is 12.1 Å². The number of benzene rings is 2. The van der Waals surface area contributed by atoms with Crippen molar-refractivity contribution in [2.24, 2.45) is 0 Å². The van der Waals surface area contributed by atoms with Crippen LogP contribution in [-0.4, -0.2) is 51.6 Å². The summed E-state index contributed by atoms with van der Waals surface area (Å²) in [6, 6.07) is 16.0. The molecule has 3 rings (SSSR count). The summed E-state index contributed by atoms with van der Waals surface area (Å²) in [4.78, 5) is 12.4. The van der Waals surface area contributed by atoms with Crippen molar-refractivity contribution in [3.8, 4) is 0 Å². The van der Waals surface area contributed by atoms with Crippen molar-refractivity contribution < 1.29 is 22.7 Å². The first kappa shape index (κ1) is 19.5. The number of rotatable bonds is 7. The molecule has 2 aromatic rings. The number of esters is 1. The molecule has 0 saturated carbocycles. The predicted octanol–water partition coefficient (Wildman–Crippen LogP) is 2.50. The van der Waals surface area contributed by atoms with Gasteiger partial charge in [0.25, 0.3) is 0 Å². The van der Waals surface area contributed by atoms with E-state index >= 15 is 0 Å². The van der Waals surface area contributed by atoms with E-state index in [1.165, 1.54) is 22.0 Å². The van der Waals surface area contributed by atoms with Gasteiger partial charge >= 0.3 is 5.97 Å². The standard InChI is InChI=1S/C20H23NO5S/c22-20(26-13-5-8-17-6-2-1-3-7-17)18-9-4-10-19(16-18)27(23,24)21-11-14-25-15-12-21/h1-4,6-7,9-10,16H,5,8,11-15H2. The Labute approximate surface area is 159 Å². The summed E-state index contributed by atoms with van der Waals surface area (Å²) in [5.41, 5.74) is 1.43. The predicted molar refractivity (Wildman–Crippen MR) is 101 cm³/mol. The molecule has 1 fully saturated rings. The molecule has 0 bridgehead atoms. The van der Waals surface area contributed by atoms with Crippen LogP contribution in [0.4, 0.5) is 0 Å². The van der Waals surface area contributed by atoms with E-state index < -0.39 is 16.0 Å². The first-order chi connectivity index (χ1) is 13.1. The van der Waals surface area contributed by atoms with Gasteiger partial charge in [-0.05, 0) is 36.6 Å². The van der Waals surface area contributed by atoms with Gasteiger partial charge in [0.1, 0.15) is 0 Å². The highest BCUT2D eigenvalue weighted by atomic mass is 32.2. The lowest BCUT2D eigenvalue weighted by molar-refractivity contribution is 0.0500. The highest BCUT2D eigenvalue weighted by Gasteiger charge is 2.27. The monoisotopic (exact) mass is 389 g/mol. The minimum Gasteiger partial charge on any atom is -0.462 e. The van der Waals surface area contributed by atoms with Crippen LogP contribution in [-0.2, 0) is 25.9 Å². The van der Waals surface area contributed by atoms with Crippen LogP contribution in [0.3, 0.4) is 0 Å². The van der Waals surface area contributed by atoms with Gasteiger partial charge in [0.15, 0.2) is 0 Å². The maximum Gasteiger partial charge on any atom is 0.338 e. The zero-order chi connectivity index (χ0) is 19.1. The highest BCUT2D eigenvalue weighted by molar-refractivity contribution is 7.89. The number of carbonyl (C=O) groups is 1. The summed E-state index contributed by atoms with van der Waals surface area (Å²) in [6.07, 6.45) is 1.53. The molecule has 0 radical (unpaired) electrons. The van der Waals surface area contributed by atoms with Crippen molar-refractivity contribution in [3.63, 3.8) is 0 Å². The van der Waals surface area contributed by atoms with Gasteiger partial charge in [-0.25, -0.2) is 13.2 Å². The van der Waals surface area contributed by atoms with Gasteiger partial charge in [0, 0.05) is 13.1 Å². The number of sulfonamides is 1. The molecule has 1 heterocycles. The summed E-state index contributed by atoms with van der Waals surface area (Å²) >= 11 is 0. The third-order valence-corrected chi connectivity index (χ3v) is 6.26. The van der Waals surface area contributed by atoms with E-state index in [1.807, 2.05) is 30.3 Å². The summed E-state index contributed by atoms with van der Waals surface area (Å²) < 4.78 is 37.3. The SMILES string of the molecule is O=C(OCCCc1ccccc1)c1cccc(S(=O)(=O)N2CCOCC2)c1. The lowest BCUT2D eigenvalue weighted by atomic mass is 10.1. The topological polar surface area (TPSA) is 72.9 Å². The Kier molecular flexibility index (Phi) is 6.60. The quantitative estimate of drug-likeness (QED) is 0.537. The third kappa shape index (κ3) is 5.15. The molecule has 7 heteroatoms. The minimum atomic E-state index is -3.63. The van der Waals surface area contributed by atoms with Gasteiger partial charge < -0.3 is 9.47 Å². The molecule has 6 nitrogen and oxygen atoms in total. The molecule has 0 N–H and O–H groups in total. The number of hydrogen-bond donors (Lipinski definition) is 0. The second kappa shape index (κ2) is 9.12. The lowest BCUT2D eigenvalue weighted by Gasteiger charge is -2.26. The second-order valence-electron chi connectivity index (χ2n) is 6.27. The summed E-state index contributed by atoms with van der Waals surface area (Å²) in [5.74, 6) is -0.512. The van der Waals surface area contributed by atoms with E-state index in [0.29, 0.717) is 32.7 Å². The first-order valence-electron chi connectivity index (χ1n) is 8.96. The fraction of sp³-hybridized carbons (Fsp3) is 0.350. The molecule has 27 heavy (non-hydrogen) atoms. The van der Waals surface area contributed by atoms with Crippen LogP contribution in [0.1, 0.15) is 22.3 Å². The van der Waals surface area contributed by atoms with E-state index in [0.717, 1.165) is 6.42 Å². The van der Waals surface area contributed by atoms with E-state index in [9.17, 15) is 13.2 Å². The molecule has 1 aliphatic rings. The maximum absolute atomic E-state index is 12.7. The molecular weight excluding hydrogens is 366 g/mol. The lowest BCUT2D eigenvalue weighted by Crippen LogP contribution is -2.40. The average Bonchev–Trinajstić information content (AvgIpc) is 2.72. The first-order valence-corrected chi connectivity index (χ1v) is 10.4. The Balaban J connectivity index is 1.58. The van der Waals surface area contributed by atoms with Crippen molar-refractivity contribution in [1.29, 1.82) is 0 Å². The Morgan fingerprint density at radius 3 is 2.52 bits per heavy atom. The van der Waals surface area contributed by atoms with Gasteiger partial charge in [-0.1, -0.05) is 36.4 Å². The van der Waals surface area contributed by atoms with Crippen LogP contribution >= 0.6 is 0 Å². The molecule has 0 amide bonds. The Bertz CT molecular complexity index is 861. The zero-order valence-electron chi connectivity index (χ0n) is 15.0. The van der Waals surface area contributed by atoms with Crippen molar-refractivity contribution in [2.75, 3.05) is 32.9 Å². The van der Waals surface area contributed by atoms with Crippen LogP contribution in [0.2, 0.25) is 0 Å². The number of aryl methyl sites for hydroxylation is 1. The Hall–Kier alpha value is -2.22. The zero-order valence-corrected chi connectivity index (χ0v) is 15.9. The van der Waals surface area contributed by atoms with Gasteiger partial charge in [0.2, 0.25) is 10.0 Å². The van der Waals surface area contributed by atoms with Gasteiger partial charge in [-0.2, -0.15) is 4.31 Å². The fourth-order valence-electron chi connectivity index (χ4n) is 2.89. The number of carbonyl (C=O) groups excluding carboxylic acids is 1. The van der Waals surface area contributed by atoms with Crippen molar-refractivity contribution in [1.82, 2.24) is 4.31 Å². The second-order valence-corrected chi connectivity index (χ2v) is 8.21. The molecule has 0 atom stereocenters. The summed E-state index contributed by atoms with van der Waals surface area (Å²) in [7, 11) is -3.63. The van der Waals surface area contributed by atoms with Crippen LogP contribution in [0.25, 0.3) is 0 Å². The fourth-order valence-corrected chi connectivity index (χ4v) is 4.34. The molecule has 2 aromatic carbocycles. The summed E-state index contributed by atoms with van der Waals surface area (Å²) in [6.45, 7) is 1.67. The molecule has 1 saturated heterocycles. The molecule has 144 valence electrons. The maximum atomic E-state index is 12.7. The Morgan fingerprint density at radius 1 is 1.04 bits per heavy atom. The average molecular weight is 389 g/mol. The van der Waals surface area contributed by atoms with E-state index in [4.69, 9.17) is 9.47 Å². The number of morpholine rings is 1. The van der Waals surface area contributed by atoms with Crippen LogP contribution < -0.4 is 0 Å². The normalized spacial score (nSPS) is 15.4.